The SMILES string of the molecule is CC1Cc2ccccc2N(CC2(C=O)CCCCCC2)C1. The summed E-state index contributed by atoms with van der Waals surface area (Å²) in [6, 6.07) is 8.74. The van der Waals surface area contributed by atoms with Crippen LogP contribution in [0.2, 0.25) is 0 Å². The molecule has 0 radical (unpaired) electrons. The van der Waals surface area contributed by atoms with Crippen molar-refractivity contribution in [3.05, 3.63) is 29.8 Å². The van der Waals surface area contributed by atoms with Crippen molar-refractivity contribution < 1.29 is 4.79 Å². The molecule has 1 heterocycles. The van der Waals surface area contributed by atoms with Gasteiger partial charge in [0, 0.05) is 24.2 Å². The molecule has 1 aliphatic heterocycles. The zero-order valence-electron chi connectivity index (χ0n) is 13.2. The van der Waals surface area contributed by atoms with E-state index in [-0.39, 0.29) is 5.41 Å². The number of fused-ring (bicyclic) bond motifs is 1. The van der Waals surface area contributed by atoms with Crippen LogP contribution in [0.3, 0.4) is 0 Å². The molecule has 1 fully saturated rings. The van der Waals surface area contributed by atoms with E-state index in [9.17, 15) is 4.79 Å². The highest BCUT2D eigenvalue weighted by Crippen LogP contribution is 2.38. The van der Waals surface area contributed by atoms with Crippen LogP contribution in [-0.2, 0) is 11.2 Å². The van der Waals surface area contributed by atoms with E-state index in [1.807, 2.05) is 0 Å². The second kappa shape index (κ2) is 6.21. The van der Waals surface area contributed by atoms with Gasteiger partial charge in [-0.25, -0.2) is 0 Å². The molecular formula is C19H27NO. The molecule has 1 aromatic carbocycles. The van der Waals surface area contributed by atoms with Crippen LogP contribution in [0.4, 0.5) is 5.69 Å². The normalized spacial score (nSPS) is 25.0. The summed E-state index contributed by atoms with van der Waals surface area (Å²) in [4.78, 5) is 14.4. The number of hydrogen-bond acceptors (Lipinski definition) is 2. The fourth-order valence-electron chi connectivity index (χ4n) is 4.18. The maximum absolute atomic E-state index is 11.9. The van der Waals surface area contributed by atoms with Gasteiger partial charge in [0.05, 0.1) is 0 Å². The van der Waals surface area contributed by atoms with Crippen molar-refractivity contribution in [1.82, 2.24) is 0 Å². The first-order chi connectivity index (χ1) is 10.2. The number of carbonyl (C=O) groups is 1. The smallest absolute Gasteiger partial charge is 0.127 e. The summed E-state index contributed by atoms with van der Waals surface area (Å²) in [6.07, 6.45) is 9.60. The molecule has 2 heteroatoms. The lowest BCUT2D eigenvalue weighted by atomic mass is 9.80. The highest BCUT2D eigenvalue weighted by molar-refractivity contribution is 5.63. The lowest BCUT2D eigenvalue weighted by molar-refractivity contribution is -0.116. The number of aldehydes is 1. The molecule has 3 rings (SSSR count). The van der Waals surface area contributed by atoms with Crippen molar-refractivity contribution >= 4 is 12.0 Å². The highest BCUT2D eigenvalue weighted by Gasteiger charge is 2.34. The number of benzene rings is 1. The average Bonchev–Trinajstić information content (AvgIpc) is 2.73. The van der Waals surface area contributed by atoms with Gasteiger partial charge in [-0.05, 0) is 36.8 Å². The van der Waals surface area contributed by atoms with E-state index in [1.165, 1.54) is 49.6 Å². The zero-order valence-corrected chi connectivity index (χ0v) is 13.2. The van der Waals surface area contributed by atoms with E-state index in [1.54, 1.807) is 0 Å². The molecule has 0 spiro atoms. The van der Waals surface area contributed by atoms with Crippen molar-refractivity contribution in [1.29, 1.82) is 0 Å². The quantitative estimate of drug-likeness (QED) is 0.612. The Morgan fingerprint density at radius 3 is 2.62 bits per heavy atom. The van der Waals surface area contributed by atoms with Gasteiger partial charge in [-0.1, -0.05) is 50.8 Å². The maximum Gasteiger partial charge on any atom is 0.127 e. The number of nitrogens with zero attached hydrogens (tertiary/aromatic N) is 1. The van der Waals surface area contributed by atoms with Crippen LogP contribution >= 0.6 is 0 Å². The number of rotatable bonds is 3. The lowest BCUT2D eigenvalue weighted by Gasteiger charge is -2.40. The Bertz CT molecular complexity index is 488. The fourth-order valence-corrected chi connectivity index (χ4v) is 4.18. The molecule has 1 unspecified atom stereocenters. The summed E-state index contributed by atoms with van der Waals surface area (Å²) in [5.41, 5.74) is 2.70. The Morgan fingerprint density at radius 2 is 1.90 bits per heavy atom. The van der Waals surface area contributed by atoms with Crippen molar-refractivity contribution in [3.63, 3.8) is 0 Å². The lowest BCUT2D eigenvalue weighted by Crippen LogP contribution is -2.43. The minimum absolute atomic E-state index is 0.110. The monoisotopic (exact) mass is 285 g/mol. The Kier molecular flexibility index (Phi) is 4.32. The topological polar surface area (TPSA) is 20.3 Å². The van der Waals surface area contributed by atoms with Gasteiger partial charge in [-0.15, -0.1) is 0 Å². The van der Waals surface area contributed by atoms with Gasteiger partial charge in [0.2, 0.25) is 0 Å². The van der Waals surface area contributed by atoms with Crippen molar-refractivity contribution in [2.24, 2.45) is 11.3 Å². The average molecular weight is 285 g/mol. The third-order valence-electron chi connectivity index (χ3n) is 5.29. The standard InChI is InChI=1S/C19H27NO/c1-16-12-17-8-4-5-9-18(17)20(13-16)14-19(15-21)10-6-2-3-7-11-19/h4-5,8-9,15-16H,2-3,6-7,10-14H2,1H3. The Labute approximate surface area is 128 Å². The van der Waals surface area contributed by atoms with Crippen LogP contribution in [0.5, 0.6) is 0 Å². The molecule has 0 amide bonds. The van der Waals surface area contributed by atoms with E-state index in [0.29, 0.717) is 5.92 Å². The van der Waals surface area contributed by atoms with E-state index < -0.39 is 0 Å². The molecule has 0 aromatic heterocycles. The van der Waals surface area contributed by atoms with Gasteiger partial charge in [-0.2, -0.15) is 0 Å². The molecule has 21 heavy (non-hydrogen) atoms. The Morgan fingerprint density at radius 1 is 1.19 bits per heavy atom. The van der Waals surface area contributed by atoms with E-state index in [4.69, 9.17) is 0 Å². The molecule has 1 aromatic rings. The van der Waals surface area contributed by atoms with Crippen molar-refractivity contribution in [2.45, 2.75) is 51.9 Å². The highest BCUT2D eigenvalue weighted by atomic mass is 16.1. The molecular weight excluding hydrogens is 258 g/mol. The second-order valence-corrected chi connectivity index (χ2v) is 7.21. The van der Waals surface area contributed by atoms with Crippen molar-refractivity contribution in [3.8, 4) is 0 Å². The summed E-state index contributed by atoms with van der Waals surface area (Å²) < 4.78 is 0. The minimum Gasteiger partial charge on any atom is -0.370 e. The maximum atomic E-state index is 11.9. The predicted octanol–water partition coefficient (Wildman–Crippen LogP) is 4.22. The Balaban J connectivity index is 1.84. The summed E-state index contributed by atoms with van der Waals surface area (Å²) in [6.45, 7) is 4.33. The second-order valence-electron chi connectivity index (χ2n) is 7.21. The first kappa shape index (κ1) is 14.6. The summed E-state index contributed by atoms with van der Waals surface area (Å²) in [5.74, 6) is 0.675. The number of carbonyl (C=O) groups excluding carboxylic acids is 1. The van der Waals surface area contributed by atoms with Crippen LogP contribution in [-0.4, -0.2) is 19.4 Å². The van der Waals surface area contributed by atoms with Gasteiger partial charge in [0.25, 0.3) is 0 Å². The molecule has 2 aliphatic rings. The molecule has 0 N–H and O–H groups in total. The first-order valence-corrected chi connectivity index (χ1v) is 8.52. The van der Waals surface area contributed by atoms with Crippen LogP contribution in [0.1, 0.15) is 51.0 Å². The molecule has 0 saturated heterocycles. The van der Waals surface area contributed by atoms with Gasteiger partial charge < -0.3 is 9.69 Å². The number of hydrogen-bond donors (Lipinski definition) is 0. The van der Waals surface area contributed by atoms with Crippen LogP contribution in [0.25, 0.3) is 0 Å². The summed E-state index contributed by atoms with van der Waals surface area (Å²) in [7, 11) is 0. The van der Waals surface area contributed by atoms with Gasteiger partial charge in [0.1, 0.15) is 6.29 Å². The van der Waals surface area contributed by atoms with E-state index in [2.05, 4.69) is 36.1 Å². The molecule has 2 nitrogen and oxygen atoms in total. The van der Waals surface area contributed by atoms with E-state index in [0.717, 1.165) is 25.9 Å². The predicted molar refractivity (Wildman–Crippen MR) is 87.7 cm³/mol. The fraction of sp³-hybridized carbons (Fsp3) is 0.632. The number of para-hydroxylation sites is 1. The minimum atomic E-state index is -0.110. The van der Waals surface area contributed by atoms with Crippen molar-refractivity contribution in [2.75, 3.05) is 18.0 Å². The molecule has 1 atom stereocenters. The van der Waals surface area contributed by atoms with Gasteiger partial charge in [-0.3, -0.25) is 0 Å². The van der Waals surface area contributed by atoms with Crippen LogP contribution in [0.15, 0.2) is 24.3 Å². The van der Waals surface area contributed by atoms with Gasteiger partial charge >= 0.3 is 0 Å². The van der Waals surface area contributed by atoms with E-state index >= 15 is 0 Å². The Hall–Kier alpha value is -1.31. The zero-order chi connectivity index (χ0) is 14.7. The molecule has 0 bridgehead atoms. The molecule has 1 saturated carbocycles. The third-order valence-corrected chi connectivity index (χ3v) is 5.29. The van der Waals surface area contributed by atoms with Crippen LogP contribution < -0.4 is 4.90 Å². The number of anilines is 1. The summed E-state index contributed by atoms with van der Waals surface area (Å²) in [5, 5.41) is 0. The molecule has 1 aliphatic carbocycles. The largest absolute Gasteiger partial charge is 0.370 e. The molecule has 114 valence electrons. The van der Waals surface area contributed by atoms with Crippen LogP contribution in [0, 0.1) is 11.3 Å². The van der Waals surface area contributed by atoms with Gasteiger partial charge in [0.15, 0.2) is 0 Å². The third kappa shape index (κ3) is 3.14. The first-order valence-electron chi connectivity index (χ1n) is 8.52. The summed E-state index contributed by atoms with van der Waals surface area (Å²) >= 11 is 0.